The van der Waals surface area contributed by atoms with Crippen molar-refractivity contribution in [2.45, 2.75) is 32.0 Å². The molecule has 2 rings (SSSR count). The summed E-state index contributed by atoms with van der Waals surface area (Å²) < 4.78 is 42.9. The average Bonchev–Trinajstić information content (AvgIpc) is 2.71. The molecule has 1 aliphatic rings. The van der Waals surface area contributed by atoms with Crippen molar-refractivity contribution in [3.63, 3.8) is 0 Å². The summed E-state index contributed by atoms with van der Waals surface area (Å²) in [5, 5.41) is 9.57. The van der Waals surface area contributed by atoms with Gasteiger partial charge in [0, 0.05) is 12.0 Å². The molecule has 0 aliphatic carbocycles. The van der Waals surface area contributed by atoms with Crippen LogP contribution in [0.4, 0.5) is 13.2 Å². The van der Waals surface area contributed by atoms with Crippen molar-refractivity contribution in [2.75, 3.05) is 13.2 Å². The number of hydrogen-bond donors (Lipinski definition) is 1. The van der Waals surface area contributed by atoms with Crippen molar-refractivity contribution in [1.29, 1.82) is 0 Å². The summed E-state index contributed by atoms with van der Waals surface area (Å²) in [5.41, 5.74) is -0.232. The molecule has 0 saturated carbocycles. The van der Waals surface area contributed by atoms with E-state index < -0.39 is 11.7 Å². The summed E-state index contributed by atoms with van der Waals surface area (Å²) in [6.45, 7) is 2.46. The summed E-state index contributed by atoms with van der Waals surface area (Å²) in [6.07, 6.45) is -3.13. The molecule has 1 heterocycles. The maximum absolute atomic E-state index is 12.5. The molecular formula is C14H17F3O2. The second-order valence-electron chi connectivity index (χ2n) is 5.15. The van der Waals surface area contributed by atoms with E-state index in [2.05, 4.69) is 0 Å². The third kappa shape index (κ3) is 2.92. The molecule has 1 aliphatic heterocycles. The van der Waals surface area contributed by atoms with E-state index in [1.54, 1.807) is 0 Å². The fraction of sp³-hybridized carbons (Fsp3) is 0.571. The second kappa shape index (κ2) is 5.13. The fourth-order valence-electron chi connectivity index (χ4n) is 2.53. The van der Waals surface area contributed by atoms with E-state index in [1.807, 2.05) is 6.92 Å². The molecule has 2 nitrogen and oxygen atoms in total. The quantitative estimate of drug-likeness (QED) is 0.918. The van der Waals surface area contributed by atoms with Crippen LogP contribution in [0, 0.1) is 5.41 Å². The van der Waals surface area contributed by atoms with Crippen LogP contribution in [-0.4, -0.2) is 24.4 Å². The van der Waals surface area contributed by atoms with Crippen molar-refractivity contribution in [1.82, 2.24) is 0 Å². The van der Waals surface area contributed by atoms with E-state index in [4.69, 9.17) is 4.74 Å². The fourth-order valence-corrected chi connectivity index (χ4v) is 2.53. The molecule has 5 heteroatoms. The summed E-state index contributed by atoms with van der Waals surface area (Å²) >= 11 is 0. The zero-order chi connectivity index (χ0) is 14.1. The highest BCUT2D eigenvalue weighted by Crippen LogP contribution is 2.38. The van der Waals surface area contributed by atoms with Crippen molar-refractivity contribution < 1.29 is 23.0 Å². The molecule has 1 aromatic rings. The molecule has 1 fully saturated rings. The summed E-state index contributed by atoms with van der Waals surface area (Å²) in [5.74, 6) is 0. The predicted molar refractivity (Wildman–Crippen MR) is 64.7 cm³/mol. The standard InChI is InChI=1S/C14H17F3O2/c1-10-13(9-18,6-7-19-10)8-11-2-4-12(5-3-11)14(15,16)17/h2-5,10,18H,6-9H2,1H3. The number of hydrogen-bond acceptors (Lipinski definition) is 2. The molecule has 0 bridgehead atoms. The van der Waals surface area contributed by atoms with E-state index >= 15 is 0 Å². The molecule has 0 aromatic heterocycles. The highest BCUT2D eigenvalue weighted by Gasteiger charge is 2.41. The third-order valence-electron chi connectivity index (χ3n) is 3.98. The minimum atomic E-state index is -4.31. The molecule has 0 radical (unpaired) electrons. The molecule has 1 N–H and O–H groups in total. The molecule has 0 amide bonds. The normalized spacial score (nSPS) is 27.7. The zero-order valence-corrected chi connectivity index (χ0v) is 10.7. The van der Waals surface area contributed by atoms with E-state index in [1.165, 1.54) is 12.1 Å². The van der Waals surface area contributed by atoms with E-state index in [0.29, 0.717) is 13.0 Å². The van der Waals surface area contributed by atoms with Gasteiger partial charge in [-0.1, -0.05) is 12.1 Å². The van der Waals surface area contributed by atoms with Crippen LogP contribution in [0.15, 0.2) is 24.3 Å². The first kappa shape index (κ1) is 14.3. The number of aliphatic hydroxyl groups excluding tert-OH is 1. The Morgan fingerprint density at radius 1 is 1.32 bits per heavy atom. The number of ether oxygens (including phenoxy) is 1. The van der Waals surface area contributed by atoms with Crippen molar-refractivity contribution in [3.8, 4) is 0 Å². The largest absolute Gasteiger partial charge is 0.416 e. The van der Waals surface area contributed by atoms with Crippen LogP contribution in [0.5, 0.6) is 0 Å². The lowest BCUT2D eigenvalue weighted by Gasteiger charge is -2.30. The Labute approximate surface area is 110 Å². The van der Waals surface area contributed by atoms with Gasteiger partial charge < -0.3 is 9.84 Å². The Morgan fingerprint density at radius 3 is 2.37 bits per heavy atom. The van der Waals surface area contributed by atoms with E-state index in [-0.39, 0.29) is 18.1 Å². The minimum absolute atomic E-state index is 0.0187. The highest BCUT2D eigenvalue weighted by atomic mass is 19.4. The molecule has 106 valence electrons. The first-order valence-corrected chi connectivity index (χ1v) is 6.26. The van der Waals surface area contributed by atoms with Crippen LogP contribution < -0.4 is 0 Å². The number of halogens is 3. The van der Waals surface area contributed by atoms with Crippen LogP contribution in [0.25, 0.3) is 0 Å². The number of aliphatic hydroxyl groups is 1. The lowest BCUT2D eigenvalue weighted by Crippen LogP contribution is -2.35. The number of rotatable bonds is 3. The van der Waals surface area contributed by atoms with Gasteiger partial charge in [-0.2, -0.15) is 13.2 Å². The van der Waals surface area contributed by atoms with Gasteiger partial charge in [-0.25, -0.2) is 0 Å². The van der Waals surface area contributed by atoms with Crippen LogP contribution >= 0.6 is 0 Å². The molecule has 1 saturated heterocycles. The van der Waals surface area contributed by atoms with Gasteiger partial charge in [0.15, 0.2) is 0 Å². The maximum Gasteiger partial charge on any atom is 0.416 e. The van der Waals surface area contributed by atoms with Gasteiger partial charge in [0.2, 0.25) is 0 Å². The van der Waals surface area contributed by atoms with Crippen LogP contribution in [0.3, 0.4) is 0 Å². The Kier molecular flexibility index (Phi) is 3.87. The molecule has 1 aromatic carbocycles. The predicted octanol–water partition coefficient (Wildman–Crippen LogP) is 3.04. The lowest BCUT2D eigenvalue weighted by atomic mass is 9.77. The summed E-state index contributed by atoms with van der Waals surface area (Å²) in [7, 11) is 0. The average molecular weight is 274 g/mol. The third-order valence-corrected chi connectivity index (χ3v) is 3.98. The lowest BCUT2D eigenvalue weighted by molar-refractivity contribution is -0.137. The zero-order valence-electron chi connectivity index (χ0n) is 10.7. The summed E-state index contributed by atoms with van der Waals surface area (Å²) in [4.78, 5) is 0. The van der Waals surface area contributed by atoms with Gasteiger partial charge in [0.05, 0.1) is 18.3 Å². The van der Waals surface area contributed by atoms with Crippen molar-refractivity contribution in [3.05, 3.63) is 35.4 Å². The van der Waals surface area contributed by atoms with Crippen molar-refractivity contribution >= 4 is 0 Å². The maximum atomic E-state index is 12.5. The van der Waals surface area contributed by atoms with Gasteiger partial charge in [0.1, 0.15) is 0 Å². The summed E-state index contributed by atoms with van der Waals surface area (Å²) in [6, 6.07) is 5.12. The van der Waals surface area contributed by atoms with Crippen LogP contribution in [0.1, 0.15) is 24.5 Å². The Balaban J connectivity index is 2.15. The topological polar surface area (TPSA) is 29.5 Å². The molecular weight excluding hydrogens is 257 g/mol. The van der Waals surface area contributed by atoms with Gasteiger partial charge in [0.25, 0.3) is 0 Å². The first-order valence-electron chi connectivity index (χ1n) is 6.26. The second-order valence-corrected chi connectivity index (χ2v) is 5.15. The molecule has 0 spiro atoms. The van der Waals surface area contributed by atoms with Crippen LogP contribution in [-0.2, 0) is 17.3 Å². The highest BCUT2D eigenvalue weighted by molar-refractivity contribution is 5.26. The van der Waals surface area contributed by atoms with Crippen LogP contribution in [0.2, 0.25) is 0 Å². The van der Waals surface area contributed by atoms with E-state index in [0.717, 1.165) is 24.1 Å². The number of alkyl halides is 3. The Morgan fingerprint density at radius 2 is 1.95 bits per heavy atom. The van der Waals surface area contributed by atoms with Crippen molar-refractivity contribution in [2.24, 2.45) is 5.41 Å². The molecule has 19 heavy (non-hydrogen) atoms. The Bertz CT molecular complexity index is 427. The van der Waals surface area contributed by atoms with Gasteiger partial charge in [-0.3, -0.25) is 0 Å². The van der Waals surface area contributed by atoms with Gasteiger partial charge in [-0.15, -0.1) is 0 Å². The minimum Gasteiger partial charge on any atom is -0.396 e. The first-order chi connectivity index (χ1) is 8.87. The smallest absolute Gasteiger partial charge is 0.396 e. The number of benzene rings is 1. The monoisotopic (exact) mass is 274 g/mol. The van der Waals surface area contributed by atoms with Gasteiger partial charge in [-0.05, 0) is 37.5 Å². The van der Waals surface area contributed by atoms with E-state index in [9.17, 15) is 18.3 Å². The van der Waals surface area contributed by atoms with Gasteiger partial charge >= 0.3 is 6.18 Å². The molecule has 2 unspecified atom stereocenters. The SMILES string of the molecule is CC1OCCC1(CO)Cc1ccc(C(F)(F)F)cc1. The Hall–Kier alpha value is -1.07. The molecule has 2 atom stereocenters.